The predicted octanol–water partition coefficient (Wildman–Crippen LogP) is 1.90. The SMILES string of the molecule is COc1ccc(C(=O)N=[N+]=[N-])cc1N1CCN(C)CC1. The summed E-state index contributed by atoms with van der Waals surface area (Å²) in [6, 6.07) is 5.06. The van der Waals surface area contributed by atoms with Crippen molar-refractivity contribution in [2.75, 3.05) is 45.2 Å². The van der Waals surface area contributed by atoms with Crippen molar-refractivity contribution in [1.82, 2.24) is 4.90 Å². The number of hydrogen-bond donors (Lipinski definition) is 0. The summed E-state index contributed by atoms with van der Waals surface area (Å²) in [6.07, 6.45) is 0. The van der Waals surface area contributed by atoms with Crippen LogP contribution in [0.25, 0.3) is 10.4 Å². The Kier molecular flexibility index (Phi) is 4.45. The molecule has 0 radical (unpaired) electrons. The van der Waals surface area contributed by atoms with Crippen LogP contribution in [0.15, 0.2) is 23.3 Å². The van der Waals surface area contributed by atoms with E-state index in [0.29, 0.717) is 11.3 Å². The lowest BCUT2D eigenvalue weighted by atomic mass is 10.1. The number of likely N-dealkylation sites (N-methyl/N-ethyl adjacent to an activating group) is 1. The van der Waals surface area contributed by atoms with Crippen LogP contribution < -0.4 is 9.64 Å². The third-order valence-electron chi connectivity index (χ3n) is 3.41. The maximum Gasteiger partial charge on any atom is 0.249 e. The Morgan fingerprint density at radius 1 is 1.35 bits per heavy atom. The molecule has 1 aromatic rings. The minimum atomic E-state index is -0.578. The van der Waals surface area contributed by atoms with E-state index in [-0.39, 0.29) is 0 Å². The highest BCUT2D eigenvalue weighted by molar-refractivity contribution is 5.96. The van der Waals surface area contributed by atoms with Gasteiger partial charge < -0.3 is 14.5 Å². The number of azide groups is 1. The number of carbonyl (C=O) groups excluding carboxylic acids is 1. The van der Waals surface area contributed by atoms with Crippen molar-refractivity contribution in [3.8, 4) is 5.75 Å². The summed E-state index contributed by atoms with van der Waals surface area (Å²) < 4.78 is 5.35. The van der Waals surface area contributed by atoms with Crippen molar-refractivity contribution < 1.29 is 9.53 Å². The van der Waals surface area contributed by atoms with Gasteiger partial charge in [0.15, 0.2) is 0 Å². The third-order valence-corrected chi connectivity index (χ3v) is 3.41. The van der Waals surface area contributed by atoms with E-state index in [4.69, 9.17) is 10.3 Å². The molecule has 0 aromatic heterocycles. The van der Waals surface area contributed by atoms with Gasteiger partial charge in [0.05, 0.1) is 12.8 Å². The van der Waals surface area contributed by atoms with Crippen LogP contribution in [-0.2, 0) is 0 Å². The number of anilines is 1. The largest absolute Gasteiger partial charge is 0.495 e. The van der Waals surface area contributed by atoms with Crippen LogP contribution in [0, 0.1) is 0 Å². The van der Waals surface area contributed by atoms with E-state index < -0.39 is 5.91 Å². The molecule has 1 amide bonds. The van der Waals surface area contributed by atoms with Crippen LogP contribution in [0.5, 0.6) is 5.75 Å². The van der Waals surface area contributed by atoms with E-state index >= 15 is 0 Å². The Morgan fingerprint density at radius 2 is 2.05 bits per heavy atom. The Balaban J connectivity index is 2.31. The normalized spacial score (nSPS) is 15.6. The number of piperazine rings is 1. The van der Waals surface area contributed by atoms with E-state index in [2.05, 4.69) is 26.9 Å². The third kappa shape index (κ3) is 3.01. The van der Waals surface area contributed by atoms with E-state index in [1.165, 1.54) is 0 Å². The van der Waals surface area contributed by atoms with Gasteiger partial charge in [-0.25, -0.2) is 0 Å². The van der Waals surface area contributed by atoms with Crippen LogP contribution in [0.1, 0.15) is 10.4 Å². The standard InChI is InChI=1S/C13H17N5O2/c1-17-5-7-18(8-6-17)11-9-10(13(19)15-16-14)3-4-12(11)20-2/h3-4,9H,5-8H2,1-2H3. The minimum absolute atomic E-state index is 0.373. The molecule has 0 spiro atoms. The molecule has 7 nitrogen and oxygen atoms in total. The summed E-state index contributed by atoms with van der Waals surface area (Å²) in [4.78, 5) is 18.6. The molecule has 2 rings (SSSR count). The zero-order valence-corrected chi connectivity index (χ0v) is 11.6. The molecule has 1 saturated heterocycles. The van der Waals surface area contributed by atoms with Gasteiger partial charge in [-0.2, -0.15) is 0 Å². The Labute approximate surface area is 117 Å². The van der Waals surface area contributed by atoms with Crippen LogP contribution in [-0.4, -0.2) is 51.1 Å². The number of hydrogen-bond acceptors (Lipinski definition) is 4. The molecular formula is C13H17N5O2. The van der Waals surface area contributed by atoms with E-state index in [1.54, 1.807) is 25.3 Å². The number of carbonyl (C=O) groups is 1. The molecule has 1 fully saturated rings. The fourth-order valence-corrected chi connectivity index (χ4v) is 2.22. The highest BCUT2D eigenvalue weighted by Crippen LogP contribution is 2.30. The zero-order valence-electron chi connectivity index (χ0n) is 11.6. The lowest BCUT2D eigenvalue weighted by molar-refractivity contribution is 0.100. The molecule has 7 heteroatoms. The molecule has 0 saturated carbocycles. The van der Waals surface area contributed by atoms with Gasteiger partial charge in [0.25, 0.3) is 0 Å². The van der Waals surface area contributed by atoms with Crippen LogP contribution in [0.2, 0.25) is 0 Å². The second-order valence-electron chi connectivity index (χ2n) is 4.67. The molecule has 0 atom stereocenters. The molecule has 0 bridgehead atoms. The summed E-state index contributed by atoms with van der Waals surface area (Å²) in [7, 11) is 3.68. The maximum atomic E-state index is 11.6. The molecule has 0 N–H and O–H groups in total. The minimum Gasteiger partial charge on any atom is -0.495 e. The van der Waals surface area contributed by atoms with E-state index in [1.807, 2.05) is 0 Å². The second kappa shape index (κ2) is 6.27. The first kappa shape index (κ1) is 14.2. The van der Waals surface area contributed by atoms with Crippen LogP contribution in [0.3, 0.4) is 0 Å². The lowest BCUT2D eigenvalue weighted by Crippen LogP contribution is -2.44. The van der Waals surface area contributed by atoms with Gasteiger partial charge in [0.2, 0.25) is 5.91 Å². The topological polar surface area (TPSA) is 81.5 Å². The smallest absolute Gasteiger partial charge is 0.249 e. The Bertz CT molecular complexity index is 546. The molecule has 0 aliphatic carbocycles. The van der Waals surface area contributed by atoms with E-state index in [0.717, 1.165) is 31.9 Å². The van der Waals surface area contributed by atoms with Crippen molar-refractivity contribution >= 4 is 11.6 Å². The van der Waals surface area contributed by atoms with Crippen molar-refractivity contribution in [2.45, 2.75) is 0 Å². The first-order chi connectivity index (χ1) is 9.65. The number of nitrogens with zero attached hydrogens (tertiary/aromatic N) is 5. The van der Waals surface area contributed by atoms with Crippen LogP contribution >= 0.6 is 0 Å². The van der Waals surface area contributed by atoms with Gasteiger partial charge in [-0.05, 0) is 35.9 Å². The molecule has 1 heterocycles. The highest BCUT2D eigenvalue weighted by atomic mass is 16.5. The second-order valence-corrected chi connectivity index (χ2v) is 4.67. The van der Waals surface area contributed by atoms with Crippen molar-refractivity contribution in [3.05, 3.63) is 34.2 Å². The number of benzene rings is 1. The predicted molar refractivity (Wildman–Crippen MR) is 76.2 cm³/mol. The molecule has 1 aromatic carbocycles. The zero-order chi connectivity index (χ0) is 14.5. The Hall–Kier alpha value is -2.24. The van der Waals surface area contributed by atoms with Crippen molar-refractivity contribution in [2.24, 2.45) is 5.11 Å². The number of ether oxygens (including phenoxy) is 1. The van der Waals surface area contributed by atoms with Gasteiger partial charge in [-0.1, -0.05) is 0 Å². The quantitative estimate of drug-likeness (QED) is 0.479. The average Bonchev–Trinajstić information content (AvgIpc) is 2.47. The van der Waals surface area contributed by atoms with E-state index in [9.17, 15) is 4.79 Å². The first-order valence-corrected chi connectivity index (χ1v) is 6.36. The number of methoxy groups -OCH3 is 1. The lowest BCUT2D eigenvalue weighted by Gasteiger charge is -2.34. The first-order valence-electron chi connectivity index (χ1n) is 6.36. The summed E-state index contributed by atoms with van der Waals surface area (Å²) >= 11 is 0. The molecule has 0 unspecified atom stereocenters. The monoisotopic (exact) mass is 275 g/mol. The average molecular weight is 275 g/mol. The van der Waals surface area contributed by atoms with Crippen molar-refractivity contribution in [3.63, 3.8) is 0 Å². The van der Waals surface area contributed by atoms with Crippen molar-refractivity contribution in [1.29, 1.82) is 0 Å². The fourth-order valence-electron chi connectivity index (χ4n) is 2.22. The summed E-state index contributed by atoms with van der Waals surface area (Å²) in [6.45, 7) is 3.65. The molecular weight excluding hydrogens is 258 g/mol. The summed E-state index contributed by atoms with van der Waals surface area (Å²) in [5, 5.41) is 3.12. The van der Waals surface area contributed by atoms with Gasteiger partial charge in [-0.15, -0.1) is 0 Å². The summed E-state index contributed by atoms with van der Waals surface area (Å²) in [5.74, 6) is 0.137. The van der Waals surface area contributed by atoms with Crippen LogP contribution in [0.4, 0.5) is 5.69 Å². The van der Waals surface area contributed by atoms with Gasteiger partial charge in [0, 0.05) is 36.7 Å². The molecule has 106 valence electrons. The van der Waals surface area contributed by atoms with Gasteiger partial charge >= 0.3 is 0 Å². The fraction of sp³-hybridized carbons (Fsp3) is 0.462. The highest BCUT2D eigenvalue weighted by Gasteiger charge is 2.19. The number of amides is 1. The summed E-state index contributed by atoms with van der Waals surface area (Å²) in [5.41, 5.74) is 9.58. The molecule has 20 heavy (non-hydrogen) atoms. The van der Waals surface area contributed by atoms with Gasteiger partial charge in [0.1, 0.15) is 5.75 Å². The maximum absolute atomic E-state index is 11.6. The molecule has 1 aliphatic heterocycles. The number of rotatable bonds is 3. The van der Waals surface area contributed by atoms with Gasteiger partial charge in [-0.3, -0.25) is 4.79 Å². The molecule has 1 aliphatic rings. The Morgan fingerprint density at radius 3 is 2.65 bits per heavy atom.